The Kier molecular flexibility index (Phi) is 12.1. The van der Waals surface area contributed by atoms with Gasteiger partial charge < -0.3 is 0 Å². The van der Waals surface area contributed by atoms with Gasteiger partial charge in [-0.3, -0.25) is 0 Å². The van der Waals surface area contributed by atoms with E-state index in [4.69, 9.17) is 16.3 Å². The van der Waals surface area contributed by atoms with Crippen LogP contribution in [0.15, 0.2) is 0 Å². The van der Waals surface area contributed by atoms with Crippen molar-refractivity contribution >= 4 is 17.9 Å². The molecule has 0 fully saturated rings. The molecule has 24 heavy (non-hydrogen) atoms. The Labute approximate surface area is 149 Å². The topological polar surface area (TPSA) is 97.4 Å². The molecule has 0 aromatic rings. The normalized spacial score (nSPS) is 11.2. The molecule has 0 atom stereocenters. The summed E-state index contributed by atoms with van der Waals surface area (Å²) < 4.78 is 20.7. The zero-order chi connectivity index (χ0) is 18.6. The molecule has 140 valence electrons. The Hall–Kier alpha value is -0.787. The molecule has 0 aliphatic heterocycles. The predicted molar refractivity (Wildman–Crippen MR) is 80.3 cm³/mol. The molecule has 0 bridgehead atoms. The van der Waals surface area contributed by atoms with Crippen molar-refractivity contribution in [2.24, 2.45) is 0 Å². The molecule has 9 heteroatoms. The maximum absolute atomic E-state index is 11.9. The van der Waals surface area contributed by atoms with Crippen LogP contribution in [0.2, 0.25) is 0 Å². The second-order valence-electron chi connectivity index (χ2n) is 5.40. The Balaban J connectivity index is 5.38. The van der Waals surface area contributed by atoms with E-state index >= 15 is 0 Å². The minimum atomic E-state index is -5.33. The van der Waals surface area contributed by atoms with Crippen LogP contribution in [0.4, 0.5) is 0 Å². The fraction of sp³-hybridized carbons (Fsp3) is 0.800. The van der Waals surface area contributed by atoms with Crippen LogP contribution in [0, 0.1) is 0 Å². The van der Waals surface area contributed by atoms with Crippen LogP contribution in [0.3, 0.4) is 0 Å². The Morgan fingerprint density at radius 3 is 1.33 bits per heavy atom. The van der Waals surface area contributed by atoms with Gasteiger partial charge in [-0.05, 0) is 0 Å². The van der Waals surface area contributed by atoms with Crippen LogP contribution in [-0.2, 0) is 52.7 Å². The molecular weight excluding hydrogens is 399 g/mol. The molecular formula is C15H28O8Zr. The van der Waals surface area contributed by atoms with Crippen molar-refractivity contribution in [3.05, 3.63) is 0 Å². The number of hydrogen-bond donors (Lipinski definition) is 0. The van der Waals surface area contributed by atoms with Crippen LogP contribution in [0.25, 0.3) is 0 Å². The first-order valence-corrected chi connectivity index (χ1v) is 12.3. The van der Waals surface area contributed by atoms with Crippen LogP contribution in [0.5, 0.6) is 0 Å². The molecule has 0 amide bonds. The van der Waals surface area contributed by atoms with Gasteiger partial charge in [0, 0.05) is 0 Å². The standard InChI is InChI=1S/3C4H8O2.C3H8O2.Zr/c3*1-2-3-4(5)6;1-3(2)5-4;/h3*2-3H2,1H3,(H,5,6);3-4H,1-2H3;/q;;;;+4/p-4. The third kappa shape index (κ3) is 10.2. The first-order valence-electron chi connectivity index (χ1n) is 8.28. The first kappa shape index (κ1) is 23.2. The molecule has 0 aromatic carbocycles. The summed E-state index contributed by atoms with van der Waals surface area (Å²) in [5.41, 5.74) is 0. The molecule has 0 aliphatic carbocycles. The van der Waals surface area contributed by atoms with Gasteiger partial charge in [0.25, 0.3) is 0 Å². The summed E-state index contributed by atoms with van der Waals surface area (Å²) in [4.78, 5) is 40.7. The molecule has 0 saturated carbocycles. The third-order valence-corrected chi connectivity index (χ3v) is 6.68. The van der Waals surface area contributed by atoms with E-state index in [0.29, 0.717) is 19.3 Å². The first-order chi connectivity index (χ1) is 11.3. The second-order valence-corrected chi connectivity index (χ2v) is 9.77. The summed E-state index contributed by atoms with van der Waals surface area (Å²) in [6.07, 6.45) is 1.43. The third-order valence-electron chi connectivity index (χ3n) is 2.42. The average molecular weight is 428 g/mol. The van der Waals surface area contributed by atoms with Gasteiger partial charge in [0.2, 0.25) is 0 Å². The zero-order valence-electron chi connectivity index (χ0n) is 15.1. The molecule has 0 aliphatic rings. The van der Waals surface area contributed by atoms with Gasteiger partial charge >= 0.3 is 150 Å². The molecule has 0 heterocycles. The van der Waals surface area contributed by atoms with E-state index < -0.39 is 46.0 Å². The summed E-state index contributed by atoms with van der Waals surface area (Å²) in [6, 6.07) is 0. The minimum absolute atomic E-state index is 0.0837. The summed E-state index contributed by atoms with van der Waals surface area (Å²) in [5, 5.41) is 0. The Morgan fingerprint density at radius 2 is 1.08 bits per heavy atom. The van der Waals surface area contributed by atoms with Crippen molar-refractivity contribution in [3.63, 3.8) is 0 Å². The van der Waals surface area contributed by atoms with Gasteiger partial charge in [-0.25, -0.2) is 0 Å². The van der Waals surface area contributed by atoms with Crippen LogP contribution >= 0.6 is 0 Å². The molecule has 0 saturated heterocycles. The fourth-order valence-electron chi connectivity index (χ4n) is 1.45. The van der Waals surface area contributed by atoms with E-state index in [-0.39, 0.29) is 19.3 Å². The van der Waals surface area contributed by atoms with Gasteiger partial charge in [-0.1, -0.05) is 0 Å². The Bertz CT molecular complexity index is 360. The van der Waals surface area contributed by atoms with Crippen molar-refractivity contribution in [1.29, 1.82) is 0 Å². The summed E-state index contributed by atoms with van der Waals surface area (Å²) in [6.45, 7) is 8.71. The van der Waals surface area contributed by atoms with Crippen molar-refractivity contribution < 1.29 is 52.7 Å². The van der Waals surface area contributed by atoms with Crippen LogP contribution < -0.4 is 0 Å². The van der Waals surface area contributed by atoms with Gasteiger partial charge in [-0.15, -0.1) is 0 Å². The summed E-state index contributed by atoms with van der Waals surface area (Å²) >= 11 is -5.33. The second kappa shape index (κ2) is 12.6. The predicted octanol–water partition coefficient (Wildman–Crippen LogP) is 3.19. The monoisotopic (exact) mass is 426 g/mol. The number of carbonyl (C=O) groups excluding carboxylic acids is 3. The van der Waals surface area contributed by atoms with E-state index in [0.717, 1.165) is 0 Å². The summed E-state index contributed by atoms with van der Waals surface area (Å²) in [7, 11) is 0. The van der Waals surface area contributed by atoms with E-state index in [1.165, 1.54) is 0 Å². The van der Waals surface area contributed by atoms with E-state index in [2.05, 4.69) is 0 Å². The zero-order valence-corrected chi connectivity index (χ0v) is 17.5. The molecule has 0 spiro atoms. The van der Waals surface area contributed by atoms with Crippen LogP contribution in [0.1, 0.15) is 73.1 Å². The van der Waals surface area contributed by atoms with Gasteiger partial charge in [-0.2, -0.15) is 0 Å². The Morgan fingerprint density at radius 1 is 0.750 bits per heavy atom. The average Bonchev–Trinajstić information content (AvgIpc) is 2.45. The van der Waals surface area contributed by atoms with Crippen molar-refractivity contribution in [2.75, 3.05) is 0 Å². The number of hydrogen-bond acceptors (Lipinski definition) is 8. The van der Waals surface area contributed by atoms with Crippen molar-refractivity contribution in [2.45, 2.75) is 79.2 Å². The number of carbonyl (C=O) groups is 3. The maximum atomic E-state index is 11.9. The van der Waals surface area contributed by atoms with E-state index in [1.54, 1.807) is 34.6 Å². The summed E-state index contributed by atoms with van der Waals surface area (Å²) in [5.74, 6) is -1.97. The van der Waals surface area contributed by atoms with Gasteiger partial charge in [0.05, 0.1) is 0 Å². The quantitative estimate of drug-likeness (QED) is 0.346. The van der Waals surface area contributed by atoms with E-state index in [1.807, 2.05) is 0 Å². The molecule has 8 nitrogen and oxygen atoms in total. The SMILES string of the molecule is CCCC(=O)[O][Zr]([O]OC(C)C)([O]C(=O)CCC)[O]C(=O)CCC. The number of rotatable bonds is 12. The molecule has 0 radical (unpaired) electrons. The van der Waals surface area contributed by atoms with Gasteiger partial charge in [0.1, 0.15) is 0 Å². The molecule has 0 unspecified atom stereocenters. The molecule has 0 rings (SSSR count). The molecule has 0 N–H and O–H groups in total. The van der Waals surface area contributed by atoms with E-state index in [9.17, 15) is 14.4 Å². The molecule has 0 aromatic heterocycles. The van der Waals surface area contributed by atoms with Gasteiger partial charge in [0.15, 0.2) is 0 Å². The fourth-order valence-corrected chi connectivity index (χ4v) is 5.58. The van der Waals surface area contributed by atoms with Crippen LogP contribution in [-0.4, -0.2) is 24.0 Å². The van der Waals surface area contributed by atoms with Crippen molar-refractivity contribution in [3.8, 4) is 0 Å². The van der Waals surface area contributed by atoms with Crippen molar-refractivity contribution in [1.82, 2.24) is 0 Å².